The van der Waals surface area contributed by atoms with E-state index in [0.717, 1.165) is 0 Å². The lowest BCUT2D eigenvalue weighted by atomic mass is 10.1. The number of H-pyrrole nitrogens is 1. The molecule has 0 saturated carbocycles. The molecule has 0 bridgehead atoms. The molecule has 3 heterocycles. The van der Waals surface area contributed by atoms with Crippen molar-refractivity contribution in [2.75, 3.05) is 12.3 Å². The summed E-state index contributed by atoms with van der Waals surface area (Å²) < 4.78 is 6.64. The molecule has 0 amide bonds. The zero-order valence-electron chi connectivity index (χ0n) is 10.2. The second kappa shape index (κ2) is 4.52. The van der Waals surface area contributed by atoms with E-state index in [-0.39, 0.29) is 17.0 Å². The molecule has 2 aromatic rings. The van der Waals surface area contributed by atoms with Gasteiger partial charge < -0.3 is 25.8 Å². The van der Waals surface area contributed by atoms with Crippen LogP contribution in [0.4, 0.5) is 5.82 Å². The van der Waals surface area contributed by atoms with Crippen LogP contribution < -0.4 is 11.4 Å². The van der Waals surface area contributed by atoms with Crippen LogP contribution in [0.15, 0.2) is 11.1 Å². The molecule has 1 fully saturated rings. The molecule has 1 saturated heterocycles. The van der Waals surface area contributed by atoms with Crippen molar-refractivity contribution in [2.24, 2.45) is 0 Å². The fourth-order valence-corrected chi connectivity index (χ4v) is 2.25. The van der Waals surface area contributed by atoms with Crippen LogP contribution in [0, 0.1) is 0 Å². The molecular formula is C10H13N5O5. The first-order chi connectivity index (χ1) is 9.52. The van der Waals surface area contributed by atoms with Crippen molar-refractivity contribution in [1.29, 1.82) is 0 Å². The average molecular weight is 283 g/mol. The molecule has 0 spiro atoms. The van der Waals surface area contributed by atoms with Gasteiger partial charge >= 0.3 is 5.69 Å². The van der Waals surface area contributed by atoms with Gasteiger partial charge in [-0.15, -0.1) is 0 Å². The van der Waals surface area contributed by atoms with Crippen molar-refractivity contribution in [3.05, 3.63) is 16.8 Å². The van der Waals surface area contributed by atoms with Gasteiger partial charge in [0.25, 0.3) is 0 Å². The second-order valence-corrected chi connectivity index (χ2v) is 4.51. The van der Waals surface area contributed by atoms with Crippen molar-refractivity contribution in [3.63, 3.8) is 0 Å². The lowest BCUT2D eigenvalue weighted by Crippen LogP contribution is -2.33. The van der Waals surface area contributed by atoms with Crippen LogP contribution in [0.2, 0.25) is 0 Å². The number of nitrogens with two attached hydrogens (primary N) is 1. The van der Waals surface area contributed by atoms with Crippen LogP contribution in [0.1, 0.15) is 6.23 Å². The number of aliphatic hydroxyl groups excluding tert-OH is 3. The van der Waals surface area contributed by atoms with E-state index < -0.39 is 36.8 Å². The third kappa shape index (κ3) is 1.78. The van der Waals surface area contributed by atoms with Crippen LogP contribution in [0.3, 0.4) is 0 Å². The Balaban J connectivity index is 2.09. The molecular weight excluding hydrogens is 270 g/mol. The molecule has 10 nitrogen and oxygen atoms in total. The smallest absolute Gasteiger partial charge is 0.348 e. The maximum atomic E-state index is 11.4. The number of anilines is 1. The predicted octanol–water partition coefficient (Wildman–Crippen LogP) is -2.69. The van der Waals surface area contributed by atoms with Crippen molar-refractivity contribution >= 4 is 17.0 Å². The third-order valence-corrected chi connectivity index (χ3v) is 3.26. The van der Waals surface area contributed by atoms with Gasteiger partial charge in [-0.2, -0.15) is 4.98 Å². The van der Waals surface area contributed by atoms with Gasteiger partial charge in [-0.1, -0.05) is 0 Å². The highest BCUT2D eigenvalue weighted by molar-refractivity contribution is 5.81. The molecule has 6 N–H and O–H groups in total. The van der Waals surface area contributed by atoms with Crippen LogP contribution >= 0.6 is 0 Å². The van der Waals surface area contributed by atoms with E-state index in [1.807, 2.05) is 0 Å². The predicted molar refractivity (Wildman–Crippen MR) is 65.6 cm³/mol. The number of aliphatic hydroxyl groups is 3. The summed E-state index contributed by atoms with van der Waals surface area (Å²) in [6.45, 7) is -0.447. The Morgan fingerprint density at radius 3 is 2.85 bits per heavy atom. The monoisotopic (exact) mass is 283 g/mol. The minimum atomic E-state index is -1.29. The number of nitrogen functional groups attached to an aromatic ring is 1. The highest BCUT2D eigenvalue weighted by Gasteiger charge is 2.44. The number of hydrogen-bond acceptors (Lipinski definition) is 8. The number of aromatic nitrogens is 4. The van der Waals surface area contributed by atoms with Gasteiger partial charge in [-0.25, -0.2) is 9.78 Å². The topological polar surface area (TPSA) is 160 Å². The van der Waals surface area contributed by atoms with Crippen molar-refractivity contribution in [2.45, 2.75) is 24.5 Å². The average Bonchev–Trinajstić information content (AvgIpc) is 2.93. The van der Waals surface area contributed by atoms with Crippen LogP contribution in [0.5, 0.6) is 0 Å². The Bertz CT molecular complexity index is 697. The van der Waals surface area contributed by atoms with E-state index in [1.54, 1.807) is 0 Å². The number of ether oxygens (including phenoxy) is 1. The molecule has 0 unspecified atom stereocenters. The molecule has 2 aromatic heterocycles. The van der Waals surface area contributed by atoms with Crippen LogP contribution in [-0.2, 0) is 4.74 Å². The van der Waals surface area contributed by atoms with E-state index >= 15 is 0 Å². The SMILES string of the molecule is Nc1[nH]c(=O)nc2c1ncn2[C@@H]1O[C@H](CO)[C@H](O)[C@H]1O. The second-order valence-electron chi connectivity index (χ2n) is 4.51. The van der Waals surface area contributed by atoms with Crippen molar-refractivity contribution in [3.8, 4) is 0 Å². The minimum absolute atomic E-state index is 0.0468. The Hall–Kier alpha value is -2.01. The Morgan fingerprint density at radius 1 is 1.45 bits per heavy atom. The number of hydrogen-bond donors (Lipinski definition) is 5. The Morgan fingerprint density at radius 2 is 2.20 bits per heavy atom. The maximum absolute atomic E-state index is 11.4. The summed E-state index contributed by atoms with van der Waals surface area (Å²) in [6.07, 6.45) is -3.18. The first-order valence-electron chi connectivity index (χ1n) is 5.87. The molecule has 108 valence electrons. The fourth-order valence-electron chi connectivity index (χ4n) is 2.25. The molecule has 10 heteroatoms. The number of nitrogens with zero attached hydrogens (tertiary/aromatic N) is 3. The van der Waals surface area contributed by atoms with Gasteiger partial charge in [0, 0.05) is 0 Å². The lowest BCUT2D eigenvalue weighted by Gasteiger charge is -2.16. The van der Waals surface area contributed by atoms with Gasteiger partial charge in [0.2, 0.25) is 0 Å². The maximum Gasteiger partial charge on any atom is 0.348 e. The van der Waals surface area contributed by atoms with E-state index in [4.69, 9.17) is 15.6 Å². The summed E-state index contributed by atoms with van der Waals surface area (Å²) in [7, 11) is 0. The van der Waals surface area contributed by atoms with Gasteiger partial charge in [0.15, 0.2) is 11.9 Å². The van der Waals surface area contributed by atoms with Crippen molar-refractivity contribution in [1.82, 2.24) is 19.5 Å². The van der Waals surface area contributed by atoms with E-state index in [9.17, 15) is 15.0 Å². The highest BCUT2D eigenvalue weighted by Crippen LogP contribution is 2.31. The van der Waals surface area contributed by atoms with E-state index in [1.165, 1.54) is 10.9 Å². The quantitative estimate of drug-likeness (QED) is 0.398. The molecule has 20 heavy (non-hydrogen) atoms. The van der Waals surface area contributed by atoms with E-state index in [0.29, 0.717) is 0 Å². The molecule has 4 atom stereocenters. The van der Waals surface area contributed by atoms with Crippen LogP contribution in [0.25, 0.3) is 11.2 Å². The highest BCUT2D eigenvalue weighted by atomic mass is 16.6. The molecule has 0 aliphatic carbocycles. The van der Waals surface area contributed by atoms with Gasteiger partial charge in [0.05, 0.1) is 12.9 Å². The third-order valence-electron chi connectivity index (χ3n) is 3.26. The molecule has 0 radical (unpaired) electrons. The summed E-state index contributed by atoms with van der Waals surface area (Å²) in [5.41, 5.74) is 5.34. The normalized spacial score (nSPS) is 30.1. The number of fused-ring (bicyclic) bond motifs is 1. The largest absolute Gasteiger partial charge is 0.394 e. The number of rotatable bonds is 2. The summed E-state index contributed by atoms with van der Waals surface area (Å²) in [4.78, 5) is 21.4. The molecule has 3 rings (SSSR count). The van der Waals surface area contributed by atoms with Gasteiger partial charge in [0.1, 0.15) is 29.6 Å². The minimum Gasteiger partial charge on any atom is -0.394 e. The number of nitrogens with one attached hydrogen (secondary N) is 1. The lowest BCUT2D eigenvalue weighted by molar-refractivity contribution is -0.0511. The summed E-state index contributed by atoms with van der Waals surface area (Å²) in [5.74, 6) is 0.0468. The van der Waals surface area contributed by atoms with E-state index in [2.05, 4.69) is 15.0 Å². The Kier molecular flexibility index (Phi) is 2.94. The van der Waals surface area contributed by atoms with Crippen LogP contribution in [-0.4, -0.2) is 59.8 Å². The van der Waals surface area contributed by atoms with Gasteiger partial charge in [-0.3, -0.25) is 9.55 Å². The molecule has 1 aliphatic rings. The first-order valence-corrected chi connectivity index (χ1v) is 5.87. The first kappa shape index (κ1) is 13.0. The summed E-state index contributed by atoms with van der Waals surface area (Å²) >= 11 is 0. The summed E-state index contributed by atoms with van der Waals surface area (Å²) in [6, 6.07) is 0. The number of imidazole rings is 1. The molecule has 1 aliphatic heterocycles. The molecule has 0 aromatic carbocycles. The number of aromatic amines is 1. The zero-order valence-corrected chi connectivity index (χ0v) is 10.2. The summed E-state index contributed by atoms with van der Waals surface area (Å²) in [5, 5.41) is 28.7. The standard InChI is InChI=1S/C10H13N5O5/c11-7-4-8(14-10(19)13-7)15(2-12-4)9-6(18)5(17)3(1-16)20-9/h2-3,5-6,9,16-18H,1H2,(H3,11,13,14,19)/t3-,5+,6-,9-/m1/s1. The van der Waals surface area contributed by atoms with Gasteiger partial charge in [-0.05, 0) is 0 Å². The van der Waals surface area contributed by atoms with Crippen molar-refractivity contribution < 1.29 is 20.1 Å². The Labute approximate surface area is 111 Å². The zero-order chi connectivity index (χ0) is 14.4. The fraction of sp³-hybridized carbons (Fsp3) is 0.500.